The molecule has 0 radical (unpaired) electrons. The van der Waals surface area contributed by atoms with Crippen molar-refractivity contribution in [3.05, 3.63) is 90.0 Å². The molecule has 0 bridgehead atoms. The maximum absolute atomic E-state index is 12.5. The SMILES string of the molecule is O=C(CNc1ccc(C(=O)N2CCOCC2)cc1)Nc1cccc(OCc2ccccc2)c1. The van der Waals surface area contributed by atoms with Gasteiger partial charge in [0.15, 0.2) is 0 Å². The predicted octanol–water partition coefficient (Wildman–Crippen LogP) is 3.79. The number of morpholine rings is 1. The number of carbonyl (C=O) groups is 2. The minimum absolute atomic E-state index is 0.00282. The number of hydrogen-bond acceptors (Lipinski definition) is 5. The van der Waals surface area contributed by atoms with Crippen LogP contribution in [0, 0.1) is 0 Å². The van der Waals surface area contributed by atoms with E-state index >= 15 is 0 Å². The third-order valence-corrected chi connectivity index (χ3v) is 5.25. The molecule has 0 saturated carbocycles. The fraction of sp³-hybridized carbons (Fsp3) is 0.231. The highest BCUT2D eigenvalue weighted by Crippen LogP contribution is 2.19. The highest BCUT2D eigenvalue weighted by atomic mass is 16.5. The summed E-state index contributed by atoms with van der Waals surface area (Å²) in [5.74, 6) is 0.505. The van der Waals surface area contributed by atoms with E-state index < -0.39 is 0 Å². The fourth-order valence-corrected chi connectivity index (χ4v) is 3.47. The van der Waals surface area contributed by atoms with Crippen molar-refractivity contribution in [3.8, 4) is 5.75 Å². The number of amides is 2. The average molecular weight is 446 g/mol. The zero-order valence-corrected chi connectivity index (χ0v) is 18.3. The number of ether oxygens (including phenoxy) is 2. The van der Waals surface area contributed by atoms with Gasteiger partial charge in [0.1, 0.15) is 12.4 Å². The van der Waals surface area contributed by atoms with E-state index in [0.29, 0.717) is 49.9 Å². The summed E-state index contributed by atoms with van der Waals surface area (Å²) in [5.41, 5.74) is 3.13. The van der Waals surface area contributed by atoms with Gasteiger partial charge in [-0.25, -0.2) is 0 Å². The molecule has 0 aliphatic carbocycles. The molecule has 33 heavy (non-hydrogen) atoms. The molecule has 1 aliphatic rings. The summed E-state index contributed by atoms with van der Waals surface area (Å²) in [7, 11) is 0. The lowest BCUT2D eigenvalue weighted by molar-refractivity contribution is -0.114. The molecule has 4 rings (SSSR count). The second-order valence-electron chi connectivity index (χ2n) is 7.69. The Balaban J connectivity index is 1.25. The van der Waals surface area contributed by atoms with Crippen molar-refractivity contribution >= 4 is 23.2 Å². The number of benzene rings is 3. The van der Waals surface area contributed by atoms with E-state index in [9.17, 15) is 9.59 Å². The summed E-state index contributed by atoms with van der Waals surface area (Å²) in [6.07, 6.45) is 0. The summed E-state index contributed by atoms with van der Waals surface area (Å²) in [6.45, 7) is 2.93. The normalized spacial score (nSPS) is 13.3. The van der Waals surface area contributed by atoms with Crippen LogP contribution >= 0.6 is 0 Å². The quantitative estimate of drug-likeness (QED) is 0.552. The van der Waals surface area contributed by atoms with Gasteiger partial charge in [-0.3, -0.25) is 9.59 Å². The van der Waals surface area contributed by atoms with Crippen molar-refractivity contribution < 1.29 is 19.1 Å². The van der Waals surface area contributed by atoms with E-state index in [1.54, 1.807) is 35.2 Å². The zero-order valence-electron chi connectivity index (χ0n) is 18.3. The van der Waals surface area contributed by atoms with Gasteiger partial charge in [-0.05, 0) is 42.0 Å². The second kappa shape index (κ2) is 11.2. The first-order valence-corrected chi connectivity index (χ1v) is 10.9. The topological polar surface area (TPSA) is 79.9 Å². The van der Waals surface area contributed by atoms with Gasteiger partial charge in [0.25, 0.3) is 5.91 Å². The van der Waals surface area contributed by atoms with Crippen molar-refractivity contribution in [1.29, 1.82) is 0 Å². The van der Waals surface area contributed by atoms with Gasteiger partial charge < -0.3 is 25.0 Å². The third kappa shape index (κ3) is 6.57. The first-order valence-electron chi connectivity index (χ1n) is 10.9. The van der Waals surface area contributed by atoms with E-state index in [2.05, 4.69) is 10.6 Å². The molecule has 1 fully saturated rings. The standard InChI is InChI=1S/C26H27N3O4/c30-25(28-23-7-4-8-24(17-23)33-19-20-5-2-1-3-6-20)18-27-22-11-9-21(10-12-22)26(31)29-13-15-32-16-14-29/h1-12,17,27H,13-16,18-19H2,(H,28,30). The van der Waals surface area contributed by atoms with E-state index in [-0.39, 0.29) is 18.4 Å². The highest BCUT2D eigenvalue weighted by molar-refractivity contribution is 5.95. The number of hydrogen-bond donors (Lipinski definition) is 2. The summed E-state index contributed by atoms with van der Waals surface area (Å²) in [4.78, 5) is 26.7. The maximum Gasteiger partial charge on any atom is 0.254 e. The van der Waals surface area contributed by atoms with Crippen LogP contribution in [-0.4, -0.2) is 49.6 Å². The molecule has 170 valence electrons. The lowest BCUT2D eigenvalue weighted by Crippen LogP contribution is -2.40. The average Bonchev–Trinajstić information content (AvgIpc) is 2.87. The van der Waals surface area contributed by atoms with Crippen molar-refractivity contribution in [2.24, 2.45) is 0 Å². The Labute approximate surface area is 193 Å². The van der Waals surface area contributed by atoms with E-state index in [0.717, 1.165) is 11.3 Å². The molecule has 7 nitrogen and oxygen atoms in total. The van der Waals surface area contributed by atoms with Crippen LogP contribution < -0.4 is 15.4 Å². The van der Waals surface area contributed by atoms with Gasteiger partial charge in [-0.15, -0.1) is 0 Å². The molecular weight excluding hydrogens is 418 g/mol. The van der Waals surface area contributed by atoms with Crippen molar-refractivity contribution in [3.63, 3.8) is 0 Å². The first-order chi connectivity index (χ1) is 16.2. The highest BCUT2D eigenvalue weighted by Gasteiger charge is 2.18. The van der Waals surface area contributed by atoms with Crippen molar-refractivity contribution in [1.82, 2.24) is 4.90 Å². The number of nitrogens with one attached hydrogen (secondary N) is 2. The van der Waals surface area contributed by atoms with Gasteiger partial charge in [-0.1, -0.05) is 36.4 Å². The molecule has 0 unspecified atom stereocenters. The van der Waals surface area contributed by atoms with Crippen LogP contribution in [-0.2, 0) is 16.1 Å². The fourth-order valence-electron chi connectivity index (χ4n) is 3.47. The molecule has 7 heteroatoms. The summed E-state index contributed by atoms with van der Waals surface area (Å²) >= 11 is 0. The molecule has 3 aromatic rings. The summed E-state index contributed by atoms with van der Waals surface area (Å²) < 4.78 is 11.1. The minimum atomic E-state index is -0.177. The zero-order chi connectivity index (χ0) is 22.9. The number of rotatable bonds is 8. The maximum atomic E-state index is 12.5. The molecule has 1 saturated heterocycles. The van der Waals surface area contributed by atoms with E-state index in [4.69, 9.17) is 9.47 Å². The Bertz CT molecular complexity index is 1060. The minimum Gasteiger partial charge on any atom is -0.489 e. The van der Waals surface area contributed by atoms with Gasteiger partial charge >= 0.3 is 0 Å². The molecule has 0 aromatic heterocycles. The van der Waals surface area contributed by atoms with Crippen LogP contribution in [0.3, 0.4) is 0 Å². The molecular formula is C26H27N3O4. The van der Waals surface area contributed by atoms with Gasteiger partial charge in [0.05, 0.1) is 19.8 Å². The van der Waals surface area contributed by atoms with Gasteiger partial charge in [-0.2, -0.15) is 0 Å². The monoisotopic (exact) mass is 445 g/mol. The number of anilines is 2. The summed E-state index contributed by atoms with van der Waals surface area (Å²) in [6, 6.07) is 24.4. The molecule has 1 aliphatic heterocycles. The predicted molar refractivity (Wildman–Crippen MR) is 127 cm³/mol. The van der Waals surface area contributed by atoms with Crippen LogP contribution in [0.15, 0.2) is 78.9 Å². The van der Waals surface area contributed by atoms with Crippen LogP contribution in [0.4, 0.5) is 11.4 Å². The second-order valence-corrected chi connectivity index (χ2v) is 7.69. The van der Waals surface area contributed by atoms with Gasteiger partial charge in [0.2, 0.25) is 5.91 Å². The van der Waals surface area contributed by atoms with Crippen LogP contribution in [0.5, 0.6) is 5.75 Å². The lowest BCUT2D eigenvalue weighted by atomic mass is 10.1. The Morgan fingerprint density at radius 3 is 2.39 bits per heavy atom. The Hall–Kier alpha value is -3.84. The van der Waals surface area contributed by atoms with Crippen molar-refractivity contribution in [2.75, 3.05) is 43.5 Å². The molecule has 1 heterocycles. The van der Waals surface area contributed by atoms with E-state index in [1.165, 1.54) is 0 Å². The molecule has 2 amide bonds. The lowest BCUT2D eigenvalue weighted by Gasteiger charge is -2.26. The van der Waals surface area contributed by atoms with Crippen LogP contribution in [0.25, 0.3) is 0 Å². The molecule has 0 atom stereocenters. The Kier molecular flexibility index (Phi) is 7.56. The van der Waals surface area contributed by atoms with E-state index in [1.807, 2.05) is 48.5 Å². The molecule has 2 N–H and O–H groups in total. The Morgan fingerprint density at radius 1 is 0.879 bits per heavy atom. The molecule has 3 aromatic carbocycles. The van der Waals surface area contributed by atoms with Crippen LogP contribution in [0.2, 0.25) is 0 Å². The van der Waals surface area contributed by atoms with Crippen molar-refractivity contribution in [2.45, 2.75) is 6.61 Å². The number of carbonyl (C=O) groups excluding carboxylic acids is 2. The number of nitrogens with zero attached hydrogens (tertiary/aromatic N) is 1. The smallest absolute Gasteiger partial charge is 0.254 e. The largest absolute Gasteiger partial charge is 0.489 e. The van der Waals surface area contributed by atoms with Gasteiger partial charge in [0, 0.05) is 36.1 Å². The van der Waals surface area contributed by atoms with Crippen LogP contribution in [0.1, 0.15) is 15.9 Å². The third-order valence-electron chi connectivity index (χ3n) is 5.25. The summed E-state index contributed by atoms with van der Waals surface area (Å²) in [5, 5.41) is 5.95. The first kappa shape index (κ1) is 22.4. The Morgan fingerprint density at radius 2 is 1.64 bits per heavy atom. The molecule has 0 spiro atoms.